The first kappa shape index (κ1) is 20.0. The Morgan fingerprint density at radius 3 is 2.71 bits per heavy atom. The summed E-state index contributed by atoms with van der Waals surface area (Å²) in [6.45, 7) is 5.55. The number of thiophene rings is 1. The molecule has 3 rings (SSSR count). The maximum absolute atomic E-state index is 12.8. The Hall–Kier alpha value is -2.71. The molecular formula is C19H18ClN3O4S. The summed E-state index contributed by atoms with van der Waals surface area (Å²) in [6, 6.07) is 4.81. The first-order chi connectivity index (χ1) is 13.2. The molecule has 0 aliphatic rings. The molecule has 0 saturated heterocycles. The van der Waals surface area contributed by atoms with E-state index >= 15 is 0 Å². The highest BCUT2D eigenvalue weighted by Crippen LogP contribution is 2.33. The number of anilines is 1. The second-order valence-electron chi connectivity index (χ2n) is 6.12. The van der Waals surface area contributed by atoms with Gasteiger partial charge in [0, 0.05) is 16.9 Å². The Morgan fingerprint density at radius 2 is 2.04 bits per heavy atom. The third kappa shape index (κ3) is 3.53. The fraction of sp³-hybridized carbons (Fsp3) is 0.263. The van der Waals surface area contributed by atoms with Gasteiger partial charge in [0.1, 0.15) is 5.00 Å². The number of benzene rings is 1. The van der Waals surface area contributed by atoms with E-state index in [1.165, 1.54) is 22.1 Å². The number of carbonyl (C=O) groups excluding carboxylic acids is 2. The topological polar surface area (TPSA) is 90.3 Å². The van der Waals surface area contributed by atoms with Gasteiger partial charge in [-0.2, -0.15) is 5.10 Å². The van der Waals surface area contributed by atoms with Gasteiger partial charge in [-0.15, -0.1) is 11.3 Å². The molecule has 3 aromatic rings. The van der Waals surface area contributed by atoms with Gasteiger partial charge in [0.25, 0.3) is 5.91 Å². The Bertz CT molecular complexity index is 1170. The number of amides is 1. The molecule has 0 aliphatic heterocycles. The molecular weight excluding hydrogens is 402 g/mol. The highest BCUT2D eigenvalue weighted by molar-refractivity contribution is 7.16. The van der Waals surface area contributed by atoms with E-state index in [0.29, 0.717) is 26.5 Å². The number of halogens is 1. The lowest BCUT2D eigenvalue weighted by Gasteiger charge is -2.09. The highest BCUT2D eigenvalue weighted by Gasteiger charge is 2.24. The Kier molecular flexibility index (Phi) is 5.53. The molecule has 0 bridgehead atoms. The summed E-state index contributed by atoms with van der Waals surface area (Å²) in [4.78, 5) is 38.7. The average Bonchev–Trinajstić information content (AvgIpc) is 2.91. The minimum absolute atomic E-state index is 0.216. The van der Waals surface area contributed by atoms with Crippen LogP contribution in [0.5, 0.6) is 0 Å². The van der Waals surface area contributed by atoms with Gasteiger partial charge in [0.05, 0.1) is 23.1 Å². The zero-order valence-corrected chi connectivity index (χ0v) is 17.3. The first-order valence-electron chi connectivity index (χ1n) is 8.49. The van der Waals surface area contributed by atoms with Gasteiger partial charge in [0.2, 0.25) is 5.43 Å². The second-order valence-corrected chi connectivity index (χ2v) is 7.79. The van der Waals surface area contributed by atoms with Crippen molar-refractivity contribution >= 4 is 50.7 Å². The molecule has 1 aromatic carbocycles. The van der Waals surface area contributed by atoms with Gasteiger partial charge in [-0.05, 0) is 44.5 Å². The molecule has 146 valence electrons. The zero-order valence-electron chi connectivity index (χ0n) is 15.8. The minimum atomic E-state index is -0.700. The molecule has 1 N–H and O–H groups in total. The normalized spacial score (nSPS) is 10.9. The number of rotatable bonds is 4. The van der Waals surface area contributed by atoms with Crippen molar-refractivity contribution in [2.24, 2.45) is 7.05 Å². The van der Waals surface area contributed by atoms with Crippen molar-refractivity contribution in [2.45, 2.75) is 20.8 Å². The SMILES string of the molecule is CCOC(=O)c1c(NC(=O)c2nn(C)c3ccc(Cl)cc3c2=O)sc(C)c1C. The Labute approximate surface area is 169 Å². The van der Waals surface area contributed by atoms with E-state index in [9.17, 15) is 14.4 Å². The van der Waals surface area contributed by atoms with Crippen molar-refractivity contribution < 1.29 is 14.3 Å². The summed E-state index contributed by atoms with van der Waals surface area (Å²) in [7, 11) is 1.63. The number of nitrogens with zero attached hydrogens (tertiary/aromatic N) is 2. The number of esters is 1. The molecule has 0 spiro atoms. The molecule has 2 aromatic heterocycles. The van der Waals surface area contributed by atoms with Crippen LogP contribution in [0.15, 0.2) is 23.0 Å². The van der Waals surface area contributed by atoms with Crippen LogP contribution in [0.25, 0.3) is 10.9 Å². The lowest BCUT2D eigenvalue weighted by atomic mass is 10.1. The van der Waals surface area contributed by atoms with Gasteiger partial charge in [-0.1, -0.05) is 11.6 Å². The molecule has 0 unspecified atom stereocenters. The molecule has 0 radical (unpaired) electrons. The molecule has 0 atom stereocenters. The predicted octanol–water partition coefficient (Wildman–Crippen LogP) is 3.69. The van der Waals surface area contributed by atoms with E-state index < -0.39 is 17.3 Å². The number of carbonyl (C=O) groups is 2. The monoisotopic (exact) mass is 419 g/mol. The van der Waals surface area contributed by atoms with E-state index in [-0.39, 0.29) is 12.3 Å². The summed E-state index contributed by atoms with van der Waals surface area (Å²) in [5.41, 5.74) is 0.760. The summed E-state index contributed by atoms with van der Waals surface area (Å²) in [5, 5.41) is 7.75. The summed E-state index contributed by atoms with van der Waals surface area (Å²) in [5.74, 6) is -1.22. The molecule has 28 heavy (non-hydrogen) atoms. The van der Waals surface area contributed by atoms with Crippen molar-refractivity contribution in [1.29, 1.82) is 0 Å². The van der Waals surface area contributed by atoms with Crippen molar-refractivity contribution in [3.63, 3.8) is 0 Å². The average molecular weight is 420 g/mol. The quantitative estimate of drug-likeness (QED) is 0.651. The number of aromatic nitrogens is 2. The van der Waals surface area contributed by atoms with Crippen LogP contribution in [0.4, 0.5) is 5.00 Å². The predicted molar refractivity (Wildman–Crippen MR) is 110 cm³/mol. The first-order valence-corrected chi connectivity index (χ1v) is 9.69. The number of hydrogen-bond donors (Lipinski definition) is 1. The number of nitrogens with one attached hydrogen (secondary N) is 1. The van der Waals surface area contributed by atoms with E-state index in [2.05, 4.69) is 10.4 Å². The highest BCUT2D eigenvalue weighted by atomic mass is 35.5. The van der Waals surface area contributed by atoms with Crippen molar-refractivity contribution in [3.05, 3.63) is 55.1 Å². The zero-order chi connectivity index (χ0) is 20.6. The van der Waals surface area contributed by atoms with Gasteiger partial charge < -0.3 is 10.1 Å². The second kappa shape index (κ2) is 7.73. The van der Waals surface area contributed by atoms with Crippen molar-refractivity contribution in [2.75, 3.05) is 11.9 Å². The number of aryl methyl sites for hydroxylation is 2. The van der Waals surface area contributed by atoms with Crippen LogP contribution in [0.3, 0.4) is 0 Å². The van der Waals surface area contributed by atoms with Crippen molar-refractivity contribution in [3.8, 4) is 0 Å². The standard InChI is InChI=1S/C19H18ClN3O4S/c1-5-27-19(26)14-9(2)10(3)28-18(14)21-17(25)15-16(24)12-8-11(20)6-7-13(12)23(4)22-15/h6-8H,5H2,1-4H3,(H,21,25). The van der Waals surface area contributed by atoms with Gasteiger partial charge in [-0.3, -0.25) is 14.3 Å². The van der Waals surface area contributed by atoms with Crippen LogP contribution in [0.1, 0.15) is 38.2 Å². The summed E-state index contributed by atoms with van der Waals surface area (Å²) < 4.78 is 6.53. The smallest absolute Gasteiger partial charge is 0.341 e. The van der Waals surface area contributed by atoms with Crippen LogP contribution in [0, 0.1) is 13.8 Å². The lowest BCUT2D eigenvalue weighted by molar-refractivity contribution is 0.0527. The summed E-state index contributed by atoms with van der Waals surface area (Å²) in [6.07, 6.45) is 0. The van der Waals surface area contributed by atoms with E-state index in [4.69, 9.17) is 16.3 Å². The largest absolute Gasteiger partial charge is 0.462 e. The van der Waals surface area contributed by atoms with E-state index in [1.807, 2.05) is 6.92 Å². The van der Waals surface area contributed by atoms with Crippen LogP contribution in [0.2, 0.25) is 5.02 Å². The molecule has 9 heteroatoms. The third-order valence-corrected chi connectivity index (χ3v) is 5.68. The fourth-order valence-corrected chi connectivity index (χ4v) is 4.04. The Morgan fingerprint density at radius 1 is 1.32 bits per heavy atom. The number of ether oxygens (including phenoxy) is 1. The minimum Gasteiger partial charge on any atom is -0.462 e. The van der Waals surface area contributed by atoms with Crippen LogP contribution >= 0.6 is 22.9 Å². The molecule has 0 saturated carbocycles. The third-order valence-electron chi connectivity index (χ3n) is 4.32. The van der Waals surface area contributed by atoms with Crippen LogP contribution < -0.4 is 10.7 Å². The number of hydrogen-bond acceptors (Lipinski definition) is 6. The molecule has 0 aliphatic carbocycles. The maximum Gasteiger partial charge on any atom is 0.341 e. The van der Waals surface area contributed by atoms with Gasteiger partial charge in [-0.25, -0.2) is 4.79 Å². The molecule has 2 heterocycles. The van der Waals surface area contributed by atoms with Gasteiger partial charge in [0.15, 0.2) is 5.69 Å². The fourth-order valence-electron chi connectivity index (χ4n) is 2.82. The number of fused-ring (bicyclic) bond motifs is 1. The van der Waals surface area contributed by atoms with E-state index in [0.717, 1.165) is 10.4 Å². The van der Waals surface area contributed by atoms with Gasteiger partial charge >= 0.3 is 5.97 Å². The maximum atomic E-state index is 12.8. The van der Waals surface area contributed by atoms with Crippen molar-refractivity contribution in [1.82, 2.24) is 9.78 Å². The van der Waals surface area contributed by atoms with E-state index in [1.54, 1.807) is 33.0 Å². The van der Waals surface area contributed by atoms with Crippen LogP contribution in [-0.4, -0.2) is 28.3 Å². The molecule has 7 nitrogen and oxygen atoms in total. The molecule has 1 amide bonds. The Balaban J connectivity index is 2.06. The molecule has 0 fully saturated rings. The van der Waals surface area contributed by atoms with Crippen LogP contribution in [-0.2, 0) is 11.8 Å². The summed E-state index contributed by atoms with van der Waals surface area (Å²) >= 11 is 7.24. The lowest BCUT2D eigenvalue weighted by Crippen LogP contribution is -2.26.